The molecule has 0 amide bonds. The summed E-state index contributed by atoms with van der Waals surface area (Å²) in [5.41, 5.74) is 11.1. The number of amidine groups is 2. The molecule has 5 nitrogen and oxygen atoms in total. The molecule has 0 saturated carbocycles. The minimum absolute atomic E-state index is 0.0937. The number of para-hydroxylation sites is 1. The summed E-state index contributed by atoms with van der Waals surface area (Å²) in [5.74, 6) is 1.14. The average molecular weight is 532 g/mol. The molecule has 0 fully saturated rings. The van der Waals surface area contributed by atoms with Gasteiger partial charge in [0, 0.05) is 28.1 Å². The van der Waals surface area contributed by atoms with Gasteiger partial charge in [0.1, 0.15) is 11.7 Å². The van der Waals surface area contributed by atoms with Crippen molar-refractivity contribution in [1.29, 1.82) is 5.41 Å². The topological polar surface area (TPSA) is 80.1 Å². The van der Waals surface area contributed by atoms with E-state index in [2.05, 4.69) is 88.2 Å². The highest BCUT2D eigenvalue weighted by molar-refractivity contribution is 6.21. The van der Waals surface area contributed by atoms with Gasteiger partial charge < -0.3 is 5.73 Å². The van der Waals surface area contributed by atoms with Crippen LogP contribution < -0.4 is 5.73 Å². The van der Waals surface area contributed by atoms with E-state index in [1.165, 1.54) is 27.1 Å². The van der Waals surface area contributed by atoms with E-state index in [4.69, 9.17) is 11.1 Å². The molecule has 0 unspecified atom stereocenters. The first-order valence-corrected chi connectivity index (χ1v) is 13.5. The lowest BCUT2D eigenvalue weighted by Crippen LogP contribution is -2.16. The molecule has 0 aliphatic heterocycles. The predicted molar refractivity (Wildman–Crippen MR) is 171 cm³/mol. The summed E-state index contributed by atoms with van der Waals surface area (Å²) in [7, 11) is 0. The van der Waals surface area contributed by atoms with Crippen LogP contribution in [-0.4, -0.2) is 21.2 Å². The highest BCUT2D eigenvalue weighted by Gasteiger charge is 2.16. The number of aliphatic imine (C=N–C) groups is 1. The third-order valence-corrected chi connectivity index (χ3v) is 7.05. The van der Waals surface area contributed by atoms with Crippen LogP contribution in [-0.2, 0) is 0 Å². The Labute approximate surface area is 238 Å². The first kappa shape index (κ1) is 25.7. The number of hydrogen-bond donors (Lipinski definition) is 2. The first-order valence-electron chi connectivity index (χ1n) is 13.5. The molecule has 0 bridgehead atoms. The second kappa shape index (κ2) is 11.3. The van der Waals surface area contributed by atoms with Crippen molar-refractivity contribution in [3.63, 3.8) is 0 Å². The van der Waals surface area contributed by atoms with Crippen molar-refractivity contribution in [1.82, 2.24) is 9.55 Å². The van der Waals surface area contributed by atoms with Gasteiger partial charge in [0.15, 0.2) is 5.84 Å². The van der Waals surface area contributed by atoms with E-state index in [1.807, 2.05) is 60.7 Å². The number of nitrogens with zero attached hydrogens (tertiary/aromatic N) is 3. The van der Waals surface area contributed by atoms with E-state index >= 15 is 0 Å². The van der Waals surface area contributed by atoms with Crippen LogP contribution in [0, 0.1) is 12.3 Å². The summed E-state index contributed by atoms with van der Waals surface area (Å²) in [6.45, 7) is 2.08. The van der Waals surface area contributed by atoms with Gasteiger partial charge in [0.25, 0.3) is 0 Å². The van der Waals surface area contributed by atoms with Crippen LogP contribution in [0.25, 0.3) is 38.4 Å². The molecule has 0 atom stereocenters. The Morgan fingerprint density at radius 2 is 1.34 bits per heavy atom. The number of aryl methyl sites for hydroxylation is 1. The lowest BCUT2D eigenvalue weighted by atomic mass is 10.0. The lowest BCUT2D eigenvalue weighted by molar-refractivity contribution is 1.08. The molecule has 0 aliphatic carbocycles. The second-order valence-electron chi connectivity index (χ2n) is 9.80. The Morgan fingerprint density at radius 1 is 0.683 bits per heavy atom. The van der Waals surface area contributed by atoms with Crippen LogP contribution in [0.1, 0.15) is 16.7 Å². The molecular formula is C36H29N5. The Bertz CT molecular complexity index is 2020. The molecule has 0 saturated heterocycles. The maximum atomic E-state index is 8.56. The Kier molecular flexibility index (Phi) is 7.08. The smallest absolute Gasteiger partial charge is 0.154 e. The fourth-order valence-electron chi connectivity index (χ4n) is 5.07. The van der Waals surface area contributed by atoms with Gasteiger partial charge in [0.2, 0.25) is 0 Å². The first-order chi connectivity index (χ1) is 20.1. The molecule has 3 N–H and O–H groups in total. The number of rotatable bonds is 3. The lowest BCUT2D eigenvalue weighted by Gasteiger charge is -2.09. The van der Waals surface area contributed by atoms with Crippen molar-refractivity contribution in [3.8, 4) is 5.82 Å². The van der Waals surface area contributed by atoms with Crippen LogP contribution in [0.15, 0.2) is 145 Å². The molecule has 5 aromatic carbocycles. The molecule has 198 valence electrons. The van der Waals surface area contributed by atoms with Gasteiger partial charge >= 0.3 is 0 Å². The van der Waals surface area contributed by atoms with Crippen molar-refractivity contribution < 1.29 is 0 Å². The van der Waals surface area contributed by atoms with E-state index in [0.717, 1.165) is 22.4 Å². The third-order valence-electron chi connectivity index (χ3n) is 7.05. The summed E-state index contributed by atoms with van der Waals surface area (Å²) in [5, 5.41) is 13.3. The minimum Gasteiger partial charge on any atom is -0.383 e. The summed E-state index contributed by atoms with van der Waals surface area (Å²) < 4.78 is 2.15. The summed E-state index contributed by atoms with van der Waals surface area (Å²) in [6.07, 6.45) is 1.72. The number of benzene rings is 5. The largest absolute Gasteiger partial charge is 0.383 e. The van der Waals surface area contributed by atoms with E-state index in [-0.39, 0.29) is 5.84 Å². The zero-order chi connectivity index (χ0) is 28.2. The van der Waals surface area contributed by atoms with Crippen molar-refractivity contribution in [3.05, 3.63) is 156 Å². The van der Waals surface area contributed by atoms with Gasteiger partial charge in [0.05, 0.1) is 11.0 Å². The summed E-state index contributed by atoms with van der Waals surface area (Å²) >= 11 is 0. The maximum absolute atomic E-state index is 8.56. The summed E-state index contributed by atoms with van der Waals surface area (Å²) in [4.78, 5) is 9.01. The molecule has 0 aliphatic rings. The van der Waals surface area contributed by atoms with Crippen molar-refractivity contribution in [2.24, 2.45) is 10.7 Å². The maximum Gasteiger partial charge on any atom is 0.154 e. The van der Waals surface area contributed by atoms with Gasteiger partial charge in [-0.15, -0.1) is 0 Å². The number of pyridine rings is 1. The molecule has 41 heavy (non-hydrogen) atoms. The molecular weight excluding hydrogens is 502 g/mol. The van der Waals surface area contributed by atoms with Crippen LogP contribution >= 0.6 is 0 Å². The standard InChI is InChI=1S/C29H21N5.C7H8/c30-28(20-9-2-1-3-10-20)33-29(31)21-16-17-32-26(18-21)34-24-13-7-6-12-23(24)27-22-11-5-4-8-19(22)14-15-25(27)34;1-7-5-3-2-4-6-7/h1-18H,(H3,30,31,33);2-6H,1H3. The monoisotopic (exact) mass is 531 g/mol. The number of fused-ring (bicyclic) bond motifs is 5. The van der Waals surface area contributed by atoms with Gasteiger partial charge in [-0.25, -0.2) is 9.98 Å². The van der Waals surface area contributed by atoms with Gasteiger partial charge in [-0.3, -0.25) is 9.98 Å². The molecule has 0 spiro atoms. The van der Waals surface area contributed by atoms with Gasteiger partial charge in [-0.2, -0.15) is 0 Å². The predicted octanol–water partition coefficient (Wildman–Crippen LogP) is 8.06. The SMILES string of the molecule is Cc1ccccc1.N=C(N=C(N)c1ccccc1)c1ccnc(-n2c3ccccc3c3c4ccccc4ccc32)c1. The number of nitrogens with one attached hydrogen (secondary N) is 1. The quantitative estimate of drug-likeness (QED) is 0.179. The van der Waals surface area contributed by atoms with Crippen molar-refractivity contribution >= 4 is 44.2 Å². The third kappa shape index (κ3) is 5.21. The fraction of sp³-hybridized carbons (Fsp3) is 0.0278. The van der Waals surface area contributed by atoms with E-state index in [0.29, 0.717) is 11.4 Å². The molecule has 5 heteroatoms. The van der Waals surface area contributed by atoms with Crippen LogP contribution in [0.2, 0.25) is 0 Å². The number of nitrogens with two attached hydrogens (primary N) is 1. The molecule has 7 aromatic rings. The van der Waals surface area contributed by atoms with E-state index in [1.54, 1.807) is 12.3 Å². The van der Waals surface area contributed by atoms with Gasteiger partial charge in [-0.05, 0) is 42.0 Å². The zero-order valence-electron chi connectivity index (χ0n) is 22.7. The van der Waals surface area contributed by atoms with E-state index < -0.39 is 0 Å². The molecule has 2 heterocycles. The van der Waals surface area contributed by atoms with Crippen LogP contribution in [0.5, 0.6) is 0 Å². The Balaban J connectivity index is 0.000000380. The molecule has 7 rings (SSSR count). The van der Waals surface area contributed by atoms with Crippen molar-refractivity contribution in [2.45, 2.75) is 6.92 Å². The average Bonchev–Trinajstić information content (AvgIpc) is 3.37. The molecule has 0 radical (unpaired) electrons. The fourth-order valence-corrected chi connectivity index (χ4v) is 5.07. The van der Waals surface area contributed by atoms with Crippen LogP contribution in [0.3, 0.4) is 0 Å². The summed E-state index contributed by atoms with van der Waals surface area (Å²) in [6, 6.07) is 44.5. The molecule has 2 aromatic heterocycles. The van der Waals surface area contributed by atoms with Crippen LogP contribution in [0.4, 0.5) is 0 Å². The highest BCUT2D eigenvalue weighted by Crippen LogP contribution is 2.36. The number of hydrogen-bond acceptors (Lipinski definition) is 2. The minimum atomic E-state index is 0.0937. The zero-order valence-corrected chi connectivity index (χ0v) is 22.7. The van der Waals surface area contributed by atoms with Crippen molar-refractivity contribution in [2.75, 3.05) is 0 Å². The highest BCUT2D eigenvalue weighted by atomic mass is 15.1. The second-order valence-corrected chi connectivity index (χ2v) is 9.80. The Morgan fingerprint density at radius 3 is 2.07 bits per heavy atom. The van der Waals surface area contributed by atoms with Gasteiger partial charge in [-0.1, -0.05) is 115 Å². The number of aromatic nitrogens is 2. The van der Waals surface area contributed by atoms with E-state index in [9.17, 15) is 0 Å². The Hall–Kier alpha value is -5.55. The normalized spacial score (nSPS) is 11.4.